The molecule has 1 aromatic rings. The second-order valence-corrected chi connectivity index (χ2v) is 2.88. The van der Waals surface area contributed by atoms with Crippen molar-refractivity contribution in [2.45, 2.75) is 13.8 Å². The number of hydrogen-bond donors (Lipinski definition) is 0. The summed E-state index contributed by atoms with van der Waals surface area (Å²) < 4.78 is 18.0. The quantitative estimate of drug-likeness (QED) is 0.649. The Bertz CT molecular complexity index is 305. The minimum atomic E-state index is -0.268. The number of allylic oxidation sites excluding steroid dienone is 1. The fourth-order valence-corrected chi connectivity index (χ4v) is 0.837. The van der Waals surface area contributed by atoms with Crippen LogP contribution in [0.25, 0.3) is 0 Å². The Labute approximate surface area is 77.8 Å². The van der Waals surface area contributed by atoms with E-state index in [0.29, 0.717) is 12.4 Å². The van der Waals surface area contributed by atoms with E-state index in [2.05, 4.69) is 0 Å². The molecule has 0 unspecified atom stereocenters. The van der Waals surface area contributed by atoms with E-state index in [1.54, 1.807) is 12.1 Å². The first kappa shape index (κ1) is 9.78. The third kappa shape index (κ3) is 3.28. The van der Waals surface area contributed by atoms with E-state index in [0.717, 1.165) is 5.57 Å². The monoisotopic (exact) mass is 180 g/mol. The maximum atomic E-state index is 12.7. The molecule has 0 fully saturated rings. The number of rotatable bonds is 3. The van der Waals surface area contributed by atoms with Crippen LogP contribution in [0.2, 0.25) is 0 Å². The highest BCUT2D eigenvalue weighted by Crippen LogP contribution is 2.12. The van der Waals surface area contributed by atoms with Gasteiger partial charge in [0.25, 0.3) is 0 Å². The third-order valence-electron chi connectivity index (χ3n) is 1.76. The largest absolute Gasteiger partial charge is 0.489 e. The van der Waals surface area contributed by atoms with Crippen LogP contribution in [0.4, 0.5) is 4.39 Å². The van der Waals surface area contributed by atoms with E-state index in [9.17, 15) is 4.39 Å². The molecule has 0 N–H and O–H groups in total. The Kier molecular flexibility index (Phi) is 3.50. The first-order chi connectivity index (χ1) is 6.22. The van der Waals surface area contributed by atoms with Gasteiger partial charge >= 0.3 is 0 Å². The van der Waals surface area contributed by atoms with Gasteiger partial charge in [-0.3, -0.25) is 0 Å². The molecule has 0 spiro atoms. The average molecular weight is 180 g/mol. The van der Waals surface area contributed by atoms with E-state index in [1.165, 1.54) is 12.1 Å². The Morgan fingerprint density at radius 1 is 1.54 bits per heavy atom. The lowest BCUT2D eigenvalue weighted by molar-refractivity contribution is 0.350. The molecule has 0 aliphatic rings. The summed E-state index contributed by atoms with van der Waals surface area (Å²) in [6.45, 7) is 4.43. The topological polar surface area (TPSA) is 9.23 Å². The SMILES string of the molecule is CC=C(C)COc1cccc(F)c1. The maximum Gasteiger partial charge on any atom is 0.126 e. The molecule has 1 rings (SSSR count). The van der Waals surface area contributed by atoms with E-state index < -0.39 is 0 Å². The molecule has 0 saturated heterocycles. The predicted octanol–water partition coefficient (Wildman–Crippen LogP) is 3.17. The van der Waals surface area contributed by atoms with E-state index in [4.69, 9.17) is 4.74 Å². The Hall–Kier alpha value is -1.31. The molecule has 0 bridgehead atoms. The highest BCUT2D eigenvalue weighted by atomic mass is 19.1. The van der Waals surface area contributed by atoms with Crippen molar-refractivity contribution in [1.82, 2.24) is 0 Å². The molecule has 2 heteroatoms. The zero-order valence-corrected chi connectivity index (χ0v) is 7.88. The summed E-state index contributed by atoms with van der Waals surface area (Å²) in [5.74, 6) is 0.303. The van der Waals surface area contributed by atoms with Gasteiger partial charge in [-0.2, -0.15) is 0 Å². The van der Waals surface area contributed by atoms with E-state index >= 15 is 0 Å². The molecule has 0 amide bonds. The summed E-state index contributed by atoms with van der Waals surface area (Å²) in [7, 11) is 0. The second kappa shape index (κ2) is 4.65. The standard InChI is InChI=1S/C11H13FO/c1-3-9(2)8-13-11-6-4-5-10(12)7-11/h3-7H,8H2,1-2H3. The first-order valence-electron chi connectivity index (χ1n) is 4.22. The molecular formula is C11H13FO. The molecule has 0 heterocycles. The number of ether oxygens (including phenoxy) is 1. The zero-order chi connectivity index (χ0) is 9.68. The number of benzene rings is 1. The van der Waals surface area contributed by atoms with E-state index in [1.807, 2.05) is 19.9 Å². The Balaban J connectivity index is 2.55. The van der Waals surface area contributed by atoms with Crippen molar-refractivity contribution in [3.05, 3.63) is 41.7 Å². The molecule has 1 aromatic carbocycles. The third-order valence-corrected chi connectivity index (χ3v) is 1.76. The Morgan fingerprint density at radius 3 is 2.92 bits per heavy atom. The summed E-state index contributed by atoms with van der Waals surface area (Å²) in [5, 5.41) is 0. The van der Waals surface area contributed by atoms with E-state index in [-0.39, 0.29) is 5.82 Å². The van der Waals surface area contributed by atoms with Crippen molar-refractivity contribution in [1.29, 1.82) is 0 Å². The fraction of sp³-hybridized carbons (Fsp3) is 0.273. The minimum Gasteiger partial charge on any atom is -0.489 e. The van der Waals surface area contributed by atoms with Gasteiger partial charge in [-0.05, 0) is 31.6 Å². The van der Waals surface area contributed by atoms with Crippen LogP contribution in [0.3, 0.4) is 0 Å². The summed E-state index contributed by atoms with van der Waals surface area (Å²) in [4.78, 5) is 0. The molecule has 0 aliphatic heterocycles. The summed E-state index contributed by atoms with van der Waals surface area (Å²) in [6, 6.07) is 6.15. The van der Waals surface area contributed by atoms with Crippen LogP contribution < -0.4 is 4.74 Å². The van der Waals surface area contributed by atoms with Gasteiger partial charge in [0.15, 0.2) is 0 Å². The molecule has 0 aromatic heterocycles. The maximum absolute atomic E-state index is 12.7. The van der Waals surface area contributed by atoms with Crippen molar-refractivity contribution in [2.75, 3.05) is 6.61 Å². The second-order valence-electron chi connectivity index (χ2n) is 2.88. The van der Waals surface area contributed by atoms with Crippen LogP contribution in [-0.4, -0.2) is 6.61 Å². The van der Waals surface area contributed by atoms with Crippen molar-refractivity contribution >= 4 is 0 Å². The smallest absolute Gasteiger partial charge is 0.126 e. The lowest BCUT2D eigenvalue weighted by Crippen LogP contribution is -1.98. The predicted molar refractivity (Wildman–Crippen MR) is 51.3 cm³/mol. The zero-order valence-electron chi connectivity index (χ0n) is 7.88. The Morgan fingerprint density at radius 2 is 2.31 bits per heavy atom. The summed E-state index contributed by atoms with van der Waals surface area (Å²) in [5.41, 5.74) is 1.13. The molecule has 0 radical (unpaired) electrons. The van der Waals surface area contributed by atoms with Crippen molar-refractivity contribution in [2.24, 2.45) is 0 Å². The lowest BCUT2D eigenvalue weighted by Gasteiger charge is -2.05. The minimum absolute atomic E-state index is 0.268. The highest BCUT2D eigenvalue weighted by molar-refractivity contribution is 5.22. The molecular weight excluding hydrogens is 167 g/mol. The fourth-order valence-electron chi connectivity index (χ4n) is 0.837. The highest BCUT2D eigenvalue weighted by Gasteiger charge is 1.95. The van der Waals surface area contributed by atoms with Gasteiger partial charge in [0.05, 0.1) is 0 Å². The normalized spacial score (nSPS) is 11.5. The molecule has 1 nitrogen and oxygen atoms in total. The molecule has 0 atom stereocenters. The molecule has 0 saturated carbocycles. The number of halogens is 1. The summed E-state index contributed by atoms with van der Waals surface area (Å²) >= 11 is 0. The van der Waals surface area contributed by atoms with Crippen LogP contribution in [0.15, 0.2) is 35.9 Å². The van der Waals surface area contributed by atoms with Gasteiger partial charge in [-0.25, -0.2) is 4.39 Å². The summed E-state index contributed by atoms with van der Waals surface area (Å²) in [6.07, 6.45) is 1.97. The molecule has 0 aliphatic carbocycles. The van der Waals surface area contributed by atoms with Gasteiger partial charge in [-0.1, -0.05) is 12.1 Å². The van der Waals surface area contributed by atoms with Crippen LogP contribution in [0, 0.1) is 5.82 Å². The van der Waals surface area contributed by atoms with Crippen molar-refractivity contribution < 1.29 is 9.13 Å². The van der Waals surface area contributed by atoms with Crippen LogP contribution in [0.5, 0.6) is 5.75 Å². The lowest BCUT2D eigenvalue weighted by atomic mass is 10.3. The van der Waals surface area contributed by atoms with Gasteiger partial charge < -0.3 is 4.74 Å². The van der Waals surface area contributed by atoms with Gasteiger partial charge in [0.1, 0.15) is 18.2 Å². The van der Waals surface area contributed by atoms with Gasteiger partial charge in [-0.15, -0.1) is 0 Å². The van der Waals surface area contributed by atoms with Gasteiger partial charge in [0, 0.05) is 6.07 Å². The van der Waals surface area contributed by atoms with Crippen molar-refractivity contribution in [3.8, 4) is 5.75 Å². The van der Waals surface area contributed by atoms with Gasteiger partial charge in [0.2, 0.25) is 0 Å². The molecule has 13 heavy (non-hydrogen) atoms. The van der Waals surface area contributed by atoms with Crippen LogP contribution in [0.1, 0.15) is 13.8 Å². The average Bonchev–Trinajstić information content (AvgIpc) is 2.14. The van der Waals surface area contributed by atoms with Crippen LogP contribution in [-0.2, 0) is 0 Å². The number of hydrogen-bond acceptors (Lipinski definition) is 1. The van der Waals surface area contributed by atoms with Crippen LogP contribution >= 0.6 is 0 Å². The van der Waals surface area contributed by atoms with Crippen molar-refractivity contribution in [3.63, 3.8) is 0 Å². The first-order valence-corrected chi connectivity index (χ1v) is 4.22. The molecule has 70 valence electrons.